The molecule has 0 aromatic heterocycles. The second-order valence-corrected chi connectivity index (χ2v) is 7.03. The van der Waals surface area contributed by atoms with Gasteiger partial charge < -0.3 is 9.64 Å². The van der Waals surface area contributed by atoms with Gasteiger partial charge in [0, 0.05) is 17.9 Å². The third kappa shape index (κ3) is 3.77. The number of thioether (sulfide) groups is 1. The Morgan fingerprint density at radius 2 is 1.96 bits per heavy atom. The molecule has 0 N–H and O–H groups in total. The number of nitrogens with zero attached hydrogens (tertiary/aromatic N) is 1. The number of ether oxygens (including phenoxy) is 1. The summed E-state index contributed by atoms with van der Waals surface area (Å²) in [6, 6.07) is 14.8. The van der Waals surface area contributed by atoms with E-state index in [0.717, 1.165) is 11.3 Å². The fourth-order valence-corrected chi connectivity index (χ4v) is 4.22. The first-order valence-corrected chi connectivity index (χ1v) is 9.00. The zero-order chi connectivity index (χ0) is 16.2. The van der Waals surface area contributed by atoms with Gasteiger partial charge in [-0.1, -0.05) is 53.5 Å². The number of carbonyl (C=O) groups is 1. The molecule has 3 nitrogen and oxygen atoms in total. The molecule has 6 heteroatoms. The Morgan fingerprint density at radius 1 is 1.17 bits per heavy atom. The highest BCUT2D eigenvalue weighted by atomic mass is 35.5. The molecule has 1 fully saturated rings. The molecule has 1 atom stereocenters. The van der Waals surface area contributed by atoms with Gasteiger partial charge in [0.05, 0.1) is 10.0 Å². The van der Waals surface area contributed by atoms with Crippen LogP contribution >= 0.6 is 35.0 Å². The largest absolute Gasteiger partial charge is 0.484 e. The molecule has 0 spiro atoms. The van der Waals surface area contributed by atoms with Crippen molar-refractivity contribution in [2.45, 2.75) is 5.37 Å². The molecule has 0 aliphatic carbocycles. The number of halogens is 2. The highest BCUT2D eigenvalue weighted by Gasteiger charge is 2.32. The van der Waals surface area contributed by atoms with Crippen molar-refractivity contribution in [1.29, 1.82) is 0 Å². The number of benzene rings is 2. The van der Waals surface area contributed by atoms with Gasteiger partial charge in [-0.05, 0) is 18.2 Å². The van der Waals surface area contributed by atoms with Gasteiger partial charge in [-0.3, -0.25) is 4.79 Å². The number of rotatable bonds is 4. The van der Waals surface area contributed by atoms with Crippen LogP contribution in [0.1, 0.15) is 10.9 Å². The molecule has 3 rings (SSSR count). The number of carbonyl (C=O) groups excluding carboxylic acids is 1. The molecular weight excluding hydrogens is 353 g/mol. The van der Waals surface area contributed by atoms with Crippen molar-refractivity contribution in [2.24, 2.45) is 0 Å². The lowest BCUT2D eigenvalue weighted by Crippen LogP contribution is -2.34. The smallest absolute Gasteiger partial charge is 0.261 e. The van der Waals surface area contributed by atoms with Crippen molar-refractivity contribution in [3.8, 4) is 5.75 Å². The van der Waals surface area contributed by atoms with Crippen LogP contribution in [0.4, 0.5) is 0 Å². The second-order valence-electron chi connectivity index (χ2n) is 5.06. The van der Waals surface area contributed by atoms with E-state index in [1.165, 1.54) is 0 Å². The fraction of sp³-hybridized carbons (Fsp3) is 0.235. The maximum atomic E-state index is 12.5. The summed E-state index contributed by atoms with van der Waals surface area (Å²) >= 11 is 14.1. The standard InChI is InChI=1S/C17H15Cl2NO2S/c18-14-8-4-7-13(16(14)19)17-20(9-10-23-17)15(21)11-22-12-5-2-1-3-6-12/h1-8,17H,9-11H2. The molecule has 1 heterocycles. The Labute approximate surface area is 149 Å². The van der Waals surface area contributed by atoms with E-state index in [2.05, 4.69) is 0 Å². The summed E-state index contributed by atoms with van der Waals surface area (Å²) in [5.74, 6) is 1.50. The monoisotopic (exact) mass is 367 g/mol. The minimum absolute atomic E-state index is 0.0132. The summed E-state index contributed by atoms with van der Waals surface area (Å²) in [4.78, 5) is 14.3. The first kappa shape index (κ1) is 16.5. The number of hydrogen-bond acceptors (Lipinski definition) is 3. The molecule has 0 radical (unpaired) electrons. The van der Waals surface area contributed by atoms with E-state index in [1.54, 1.807) is 22.7 Å². The van der Waals surface area contributed by atoms with Gasteiger partial charge in [-0.2, -0.15) is 0 Å². The molecule has 2 aromatic carbocycles. The Morgan fingerprint density at radius 3 is 2.74 bits per heavy atom. The number of hydrogen-bond donors (Lipinski definition) is 0. The van der Waals surface area contributed by atoms with E-state index < -0.39 is 0 Å². The minimum atomic E-state index is -0.118. The maximum absolute atomic E-state index is 12.5. The van der Waals surface area contributed by atoms with Crippen molar-refractivity contribution in [1.82, 2.24) is 4.90 Å². The van der Waals surface area contributed by atoms with Crippen molar-refractivity contribution in [2.75, 3.05) is 18.9 Å². The third-order valence-corrected chi connectivity index (χ3v) is 5.64. The average molecular weight is 368 g/mol. The van der Waals surface area contributed by atoms with Crippen LogP contribution in [0, 0.1) is 0 Å². The van der Waals surface area contributed by atoms with Crippen LogP contribution in [0.3, 0.4) is 0 Å². The molecule has 1 aliphatic heterocycles. The highest BCUT2D eigenvalue weighted by Crippen LogP contribution is 2.42. The third-order valence-electron chi connectivity index (χ3n) is 3.56. The molecule has 1 aliphatic rings. The van der Waals surface area contributed by atoms with Crippen molar-refractivity contribution >= 4 is 40.9 Å². The van der Waals surface area contributed by atoms with Gasteiger partial charge in [0.25, 0.3) is 5.91 Å². The van der Waals surface area contributed by atoms with Gasteiger partial charge in [0.15, 0.2) is 6.61 Å². The minimum Gasteiger partial charge on any atom is -0.484 e. The van der Waals surface area contributed by atoms with E-state index in [0.29, 0.717) is 22.3 Å². The van der Waals surface area contributed by atoms with Crippen LogP contribution in [0.5, 0.6) is 5.75 Å². The van der Waals surface area contributed by atoms with E-state index in [-0.39, 0.29) is 17.9 Å². The van der Waals surface area contributed by atoms with Gasteiger partial charge in [-0.25, -0.2) is 0 Å². The molecule has 0 bridgehead atoms. The highest BCUT2D eigenvalue weighted by molar-refractivity contribution is 7.99. The van der Waals surface area contributed by atoms with Crippen LogP contribution in [0.15, 0.2) is 48.5 Å². The fourth-order valence-electron chi connectivity index (χ4n) is 2.44. The van der Waals surface area contributed by atoms with E-state index in [4.69, 9.17) is 27.9 Å². The van der Waals surface area contributed by atoms with E-state index in [1.807, 2.05) is 42.5 Å². The second kappa shape index (κ2) is 7.47. The molecule has 1 unspecified atom stereocenters. The predicted octanol–water partition coefficient (Wildman–Crippen LogP) is 4.65. The molecular formula is C17H15Cl2NO2S. The normalized spacial score (nSPS) is 17.3. The summed E-state index contributed by atoms with van der Waals surface area (Å²) in [6.07, 6.45) is 0. The topological polar surface area (TPSA) is 29.5 Å². The van der Waals surface area contributed by atoms with Gasteiger partial charge in [0.1, 0.15) is 11.1 Å². The quantitative estimate of drug-likeness (QED) is 0.787. The summed E-state index contributed by atoms with van der Waals surface area (Å²) in [5.41, 5.74) is 0.870. The molecule has 120 valence electrons. The Balaban J connectivity index is 1.71. The van der Waals surface area contributed by atoms with Crippen LogP contribution in [-0.2, 0) is 4.79 Å². The van der Waals surface area contributed by atoms with Crippen LogP contribution < -0.4 is 4.74 Å². The van der Waals surface area contributed by atoms with Crippen LogP contribution in [0.2, 0.25) is 10.0 Å². The lowest BCUT2D eigenvalue weighted by molar-refractivity contribution is -0.133. The molecule has 23 heavy (non-hydrogen) atoms. The molecule has 0 saturated carbocycles. The summed E-state index contributed by atoms with van der Waals surface area (Å²) < 4.78 is 5.56. The van der Waals surface area contributed by atoms with Gasteiger partial charge in [-0.15, -0.1) is 11.8 Å². The lowest BCUT2D eigenvalue weighted by Gasteiger charge is -2.25. The Hall–Kier alpha value is -1.36. The van der Waals surface area contributed by atoms with Crippen LogP contribution in [-0.4, -0.2) is 29.7 Å². The lowest BCUT2D eigenvalue weighted by atomic mass is 10.2. The predicted molar refractivity (Wildman–Crippen MR) is 95.3 cm³/mol. The van der Waals surface area contributed by atoms with Crippen molar-refractivity contribution < 1.29 is 9.53 Å². The molecule has 1 amide bonds. The van der Waals surface area contributed by atoms with Crippen molar-refractivity contribution in [3.05, 3.63) is 64.1 Å². The zero-order valence-electron chi connectivity index (χ0n) is 12.2. The van der Waals surface area contributed by atoms with Crippen molar-refractivity contribution in [3.63, 3.8) is 0 Å². The van der Waals surface area contributed by atoms with E-state index >= 15 is 0 Å². The van der Waals surface area contributed by atoms with Crippen LogP contribution in [0.25, 0.3) is 0 Å². The Bertz CT molecular complexity index is 696. The number of para-hydroxylation sites is 1. The maximum Gasteiger partial charge on any atom is 0.261 e. The first-order chi connectivity index (χ1) is 11.2. The van der Waals surface area contributed by atoms with Gasteiger partial charge >= 0.3 is 0 Å². The van der Waals surface area contributed by atoms with E-state index in [9.17, 15) is 4.79 Å². The first-order valence-electron chi connectivity index (χ1n) is 7.19. The summed E-state index contributed by atoms with van der Waals surface area (Å²) in [7, 11) is 0. The van der Waals surface area contributed by atoms with Gasteiger partial charge in [0.2, 0.25) is 0 Å². The molecule has 1 saturated heterocycles. The average Bonchev–Trinajstić information content (AvgIpc) is 3.05. The SMILES string of the molecule is O=C(COc1ccccc1)N1CCSC1c1cccc(Cl)c1Cl. The summed E-state index contributed by atoms with van der Waals surface area (Å²) in [5, 5.41) is 0.896. The Kier molecular flexibility index (Phi) is 5.36. The number of amides is 1. The molecule has 2 aromatic rings. The summed E-state index contributed by atoms with van der Waals surface area (Å²) in [6.45, 7) is 0.689. The zero-order valence-corrected chi connectivity index (χ0v) is 14.6.